The van der Waals surface area contributed by atoms with Crippen LogP contribution in [0.2, 0.25) is 0 Å². The number of likely N-dealkylation sites (tertiary alicyclic amines) is 1. The molecule has 0 amide bonds. The molecule has 4 heteroatoms. The summed E-state index contributed by atoms with van der Waals surface area (Å²) in [5.74, 6) is 0. The molecule has 0 radical (unpaired) electrons. The summed E-state index contributed by atoms with van der Waals surface area (Å²) in [6.07, 6.45) is 3.43. The van der Waals surface area contributed by atoms with Gasteiger partial charge in [-0.3, -0.25) is 4.79 Å². The van der Waals surface area contributed by atoms with Gasteiger partial charge >= 0.3 is 0 Å². The molecule has 3 nitrogen and oxygen atoms in total. The van der Waals surface area contributed by atoms with Crippen LogP contribution in [0.3, 0.4) is 0 Å². The largest absolute Gasteiger partial charge is 0.362 e. The Kier molecular flexibility index (Phi) is 3.61. The van der Waals surface area contributed by atoms with Crippen molar-refractivity contribution in [3.63, 3.8) is 0 Å². The van der Waals surface area contributed by atoms with Crippen LogP contribution < -0.4 is 4.90 Å². The maximum absolute atomic E-state index is 10.7. The molecule has 1 unspecified atom stereocenters. The van der Waals surface area contributed by atoms with E-state index in [4.69, 9.17) is 0 Å². The molecular formula is C12H18N2OS. The molecule has 1 saturated heterocycles. The van der Waals surface area contributed by atoms with Crippen LogP contribution in [0.1, 0.15) is 22.5 Å². The Hall–Kier alpha value is -0.870. The predicted molar refractivity (Wildman–Crippen MR) is 68.6 cm³/mol. The first-order valence-corrected chi connectivity index (χ1v) is 6.48. The fourth-order valence-corrected chi connectivity index (χ4v) is 3.09. The smallest absolute Gasteiger partial charge is 0.160 e. The normalized spacial score (nSPS) is 22.0. The molecule has 1 fully saturated rings. The van der Waals surface area contributed by atoms with Crippen LogP contribution in [0.25, 0.3) is 0 Å². The van der Waals surface area contributed by atoms with Gasteiger partial charge in [0.1, 0.15) is 0 Å². The molecule has 0 N–H and O–H groups in total. The summed E-state index contributed by atoms with van der Waals surface area (Å²) in [6, 6.07) is 4.52. The Morgan fingerprint density at radius 3 is 3.00 bits per heavy atom. The van der Waals surface area contributed by atoms with Crippen molar-refractivity contribution in [1.82, 2.24) is 4.90 Å². The van der Waals surface area contributed by atoms with Crippen molar-refractivity contribution in [2.45, 2.75) is 18.9 Å². The summed E-state index contributed by atoms with van der Waals surface area (Å²) >= 11 is 1.58. The second kappa shape index (κ2) is 4.97. The highest BCUT2D eigenvalue weighted by atomic mass is 32.1. The fourth-order valence-electron chi connectivity index (χ4n) is 2.23. The van der Waals surface area contributed by atoms with Crippen molar-refractivity contribution in [3.8, 4) is 0 Å². The number of nitrogens with zero attached hydrogens (tertiary/aromatic N) is 2. The topological polar surface area (TPSA) is 23.6 Å². The third-order valence-electron chi connectivity index (χ3n) is 3.22. The lowest BCUT2D eigenvalue weighted by Gasteiger charge is -2.36. The van der Waals surface area contributed by atoms with Crippen LogP contribution in [0.5, 0.6) is 0 Å². The van der Waals surface area contributed by atoms with Gasteiger partial charge in [-0.25, -0.2) is 0 Å². The third-order valence-corrected chi connectivity index (χ3v) is 4.32. The molecule has 88 valence electrons. The lowest BCUT2D eigenvalue weighted by Crippen LogP contribution is -2.44. The minimum Gasteiger partial charge on any atom is -0.362 e. The molecule has 0 aliphatic carbocycles. The SMILES string of the molecule is CN1CCCC(N(C)c2ccc(C=O)s2)C1. The molecule has 0 bridgehead atoms. The number of rotatable bonds is 3. The molecule has 0 spiro atoms. The first kappa shape index (κ1) is 11.6. The van der Waals surface area contributed by atoms with Gasteiger partial charge in [0.2, 0.25) is 0 Å². The second-order valence-electron chi connectivity index (χ2n) is 4.46. The van der Waals surface area contributed by atoms with Gasteiger partial charge in [-0.1, -0.05) is 0 Å². The van der Waals surface area contributed by atoms with Gasteiger partial charge in [-0.05, 0) is 38.6 Å². The van der Waals surface area contributed by atoms with E-state index in [1.54, 1.807) is 11.3 Å². The van der Waals surface area contributed by atoms with E-state index in [1.165, 1.54) is 24.4 Å². The minimum atomic E-state index is 0.580. The van der Waals surface area contributed by atoms with E-state index in [2.05, 4.69) is 23.9 Å². The molecule has 0 aromatic carbocycles. The first-order valence-electron chi connectivity index (χ1n) is 5.67. The zero-order chi connectivity index (χ0) is 11.5. The average molecular weight is 238 g/mol. The number of carbonyl (C=O) groups excluding carboxylic acids is 1. The number of hydrogen-bond donors (Lipinski definition) is 0. The Morgan fingerprint density at radius 1 is 1.56 bits per heavy atom. The zero-order valence-electron chi connectivity index (χ0n) is 9.85. The molecule has 0 saturated carbocycles. The molecule has 16 heavy (non-hydrogen) atoms. The molecule has 2 rings (SSSR count). The monoisotopic (exact) mass is 238 g/mol. The number of thiophene rings is 1. The number of piperidine rings is 1. The Balaban J connectivity index is 2.05. The van der Waals surface area contributed by atoms with Gasteiger partial charge in [-0.15, -0.1) is 11.3 Å². The van der Waals surface area contributed by atoms with E-state index >= 15 is 0 Å². The summed E-state index contributed by atoms with van der Waals surface area (Å²) in [6.45, 7) is 2.32. The number of likely N-dealkylation sites (N-methyl/N-ethyl adjacent to an activating group) is 2. The summed E-state index contributed by atoms with van der Waals surface area (Å²) in [5, 5.41) is 1.20. The van der Waals surface area contributed by atoms with Gasteiger partial charge < -0.3 is 9.80 Å². The quantitative estimate of drug-likeness (QED) is 0.753. The summed E-state index contributed by atoms with van der Waals surface area (Å²) in [4.78, 5) is 16.2. The maximum atomic E-state index is 10.7. The molecule has 1 atom stereocenters. The Morgan fingerprint density at radius 2 is 2.38 bits per heavy atom. The van der Waals surface area contributed by atoms with Crippen molar-refractivity contribution >= 4 is 22.6 Å². The number of carbonyl (C=O) groups is 1. The minimum absolute atomic E-state index is 0.580. The van der Waals surface area contributed by atoms with Crippen LogP contribution in [-0.2, 0) is 0 Å². The first-order chi connectivity index (χ1) is 7.70. The van der Waals surface area contributed by atoms with Crippen molar-refractivity contribution in [2.24, 2.45) is 0 Å². The highest BCUT2D eigenvalue weighted by Crippen LogP contribution is 2.27. The van der Waals surface area contributed by atoms with Crippen LogP contribution >= 0.6 is 11.3 Å². The zero-order valence-corrected chi connectivity index (χ0v) is 10.7. The van der Waals surface area contributed by atoms with Crippen molar-refractivity contribution in [1.29, 1.82) is 0 Å². The lowest BCUT2D eigenvalue weighted by atomic mass is 10.1. The fraction of sp³-hybridized carbons (Fsp3) is 0.583. The molecular weight excluding hydrogens is 220 g/mol. The van der Waals surface area contributed by atoms with Gasteiger partial charge in [0, 0.05) is 19.6 Å². The van der Waals surface area contributed by atoms with Crippen molar-refractivity contribution < 1.29 is 4.79 Å². The van der Waals surface area contributed by atoms with Crippen LogP contribution in [0.15, 0.2) is 12.1 Å². The second-order valence-corrected chi connectivity index (χ2v) is 5.56. The van der Waals surface area contributed by atoms with Crippen molar-refractivity contribution in [2.75, 3.05) is 32.1 Å². The average Bonchev–Trinajstić information content (AvgIpc) is 2.76. The Bertz CT molecular complexity index is 364. The van der Waals surface area contributed by atoms with Gasteiger partial charge in [0.05, 0.1) is 9.88 Å². The van der Waals surface area contributed by atoms with E-state index in [0.717, 1.165) is 17.7 Å². The third kappa shape index (κ3) is 2.44. The number of aldehydes is 1. The van der Waals surface area contributed by atoms with E-state index in [9.17, 15) is 4.79 Å². The number of anilines is 1. The van der Waals surface area contributed by atoms with Gasteiger partial charge in [-0.2, -0.15) is 0 Å². The Labute approximate surface area is 101 Å². The maximum Gasteiger partial charge on any atom is 0.160 e. The molecule has 1 aliphatic heterocycles. The number of hydrogen-bond acceptors (Lipinski definition) is 4. The molecule has 1 aromatic rings. The van der Waals surface area contributed by atoms with Crippen LogP contribution in [-0.4, -0.2) is 44.4 Å². The molecule has 1 aliphatic rings. The lowest BCUT2D eigenvalue weighted by molar-refractivity contribution is 0.112. The van der Waals surface area contributed by atoms with Gasteiger partial charge in [0.25, 0.3) is 0 Å². The molecule has 2 heterocycles. The summed E-state index contributed by atoms with van der Waals surface area (Å²) in [5.41, 5.74) is 0. The molecule has 1 aromatic heterocycles. The van der Waals surface area contributed by atoms with E-state index in [0.29, 0.717) is 6.04 Å². The summed E-state index contributed by atoms with van der Waals surface area (Å²) in [7, 11) is 4.30. The van der Waals surface area contributed by atoms with Crippen LogP contribution in [0.4, 0.5) is 5.00 Å². The highest BCUT2D eigenvalue weighted by Gasteiger charge is 2.22. The van der Waals surface area contributed by atoms with E-state index in [-0.39, 0.29) is 0 Å². The highest BCUT2D eigenvalue weighted by molar-refractivity contribution is 7.17. The van der Waals surface area contributed by atoms with Gasteiger partial charge in [0.15, 0.2) is 6.29 Å². The standard InChI is InChI=1S/C12H18N2OS/c1-13-7-3-4-10(8-13)14(2)12-6-5-11(9-15)16-12/h5-6,9-10H,3-4,7-8H2,1-2H3. The van der Waals surface area contributed by atoms with Crippen molar-refractivity contribution in [3.05, 3.63) is 17.0 Å². The van der Waals surface area contributed by atoms with E-state index in [1.807, 2.05) is 12.1 Å². The predicted octanol–water partition coefficient (Wildman–Crippen LogP) is 2.09. The summed E-state index contributed by atoms with van der Waals surface area (Å²) < 4.78 is 0. The van der Waals surface area contributed by atoms with Crippen LogP contribution in [0, 0.1) is 0 Å². The van der Waals surface area contributed by atoms with E-state index < -0.39 is 0 Å².